The van der Waals surface area contributed by atoms with E-state index in [9.17, 15) is 13.2 Å². The summed E-state index contributed by atoms with van der Waals surface area (Å²) >= 11 is -1.13. The highest BCUT2D eigenvalue weighted by Crippen LogP contribution is 2.21. The number of alkyl halides is 3. The van der Waals surface area contributed by atoms with E-state index < -0.39 is 24.3 Å². The van der Waals surface area contributed by atoms with E-state index in [4.69, 9.17) is 4.18 Å². The van der Waals surface area contributed by atoms with Crippen LogP contribution in [0.5, 0.6) is 0 Å². The molecule has 0 aliphatic carbocycles. The molecule has 80 valence electrons. The summed E-state index contributed by atoms with van der Waals surface area (Å²) in [5.41, 5.74) is 0. The van der Waals surface area contributed by atoms with Crippen molar-refractivity contribution in [2.75, 3.05) is 20.8 Å². The fourth-order valence-electron chi connectivity index (χ4n) is 0.564. The van der Waals surface area contributed by atoms with Gasteiger partial charge in [0.2, 0.25) is 0 Å². The number of hydrogen-bond donors (Lipinski definition) is 0. The summed E-state index contributed by atoms with van der Waals surface area (Å²) in [5.74, 6) is 0. The molecule has 0 saturated carbocycles. The van der Waals surface area contributed by atoms with Crippen LogP contribution in [0.1, 0.15) is 12.8 Å². The minimum Gasteiger partial charge on any atom is -0.171 e. The van der Waals surface area contributed by atoms with Gasteiger partial charge in [-0.1, -0.05) is 0 Å². The first-order valence-electron chi connectivity index (χ1n) is 3.53. The van der Waals surface area contributed by atoms with Crippen molar-refractivity contribution in [2.45, 2.75) is 19.0 Å². The monoisotopic (exact) mass is 221 g/mol. The summed E-state index contributed by atoms with van der Waals surface area (Å²) in [7, 11) is 2.72. The summed E-state index contributed by atoms with van der Waals surface area (Å²) in [6.07, 6.45) is -5.06. The lowest BCUT2D eigenvalue weighted by atomic mass is 10.3. The van der Waals surface area contributed by atoms with Gasteiger partial charge in [-0.2, -0.15) is 13.2 Å². The normalized spacial score (nSPS) is 12.5. The molecular formula is C6H12F3O3S+. The van der Waals surface area contributed by atoms with Crippen LogP contribution in [0, 0.1) is 0 Å². The number of rotatable bonds is 6. The Morgan fingerprint density at radius 3 is 2.08 bits per heavy atom. The molecule has 0 bridgehead atoms. The Morgan fingerprint density at radius 1 is 1.15 bits per heavy atom. The van der Waals surface area contributed by atoms with Crippen molar-refractivity contribution in [3.8, 4) is 0 Å². The zero-order valence-corrected chi connectivity index (χ0v) is 8.20. The van der Waals surface area contributed by atoms with Crippen molar-refractivity contribution in [1.29, 1.82) is 0 Å². The van der Waals surface area contributed by atoms with Crippen LogP contribution in [0.15, 0.2) is 0 Å². The predicted octanol–water partition coefficient (Wildman–Crippen LogP) is 2.00. The molecule has 13 heavy (non-hydrogen) atoms. The summed E-state index contributed by atoms with van der Waals surface area (Å²) in [6, 6.07) is 0. The lowest BCUT2D eigenvalue weighted by Gasteiger charge is -2.03. The van der Waals surface area contributed by atoms with E-state index in [1.54, 1.807) is 0 Å². The molecule has 0 aliphatic heterocycles. The molecule has 0 fully saturated rings. The van der Waals surface area contributed by atoms with Crippen LogP contribution in [-0.2, 0) is 24.3 Å². The minimum atomic E-state index is -4.12. The maximum absolute atomic E-state index is 11.6. The van der Waals surface area contributed by atoms with Crippen LogP contribution >= 0.6 is 0 Å². The molecule has 0 rings (SSSR count). The van der Waals surface area contributed by atoms with Gasteiger partial charge in [-0.05, 0) is 6.42 Å². The van der Waals surface area contributed by atoms with Crippen LogP contribution in [0.3, 0.4) is 0 Å². The minimum absolute atomic E-state index is 0.0235. The van der Waals surface area contributed by atoms with Gasteiger partial charge in [-0.3, -0.25) is 0 Å². The molecule has 0 aliphatic rings. The van der Waals surface area contributed by atoms with E-state index >= 15 is 0 Å². The van der Waals surface area contributed by atoms with E-state index in [0.29, 0.717) is 0 Å². The molecule has 0 N–H and O–H groups in total. The lowest BCUT2D eigenvalue weighted by molar-refractivity contribution is -0.136. The van der Waals surface area contributed by atoms with E-state index in [2.05, 4.69) is 8.37 Å². The second-order valence-corrected chi connectivity index (χ2v) is 3.39. The Labute approximate surface area is 78.1 Å². The molecular weight excluding hydrogens is 209 g/mol. The van der Waals surface area contributed by atoms with Gasteiger partial charge in [0.15, 0.2) is 0 Å². The quantitative estimate of drug-likeness (QED) is 0.507. The second-order valence-electron chi connectivity index (χ2n) is 2.08. The first-order chi connectivity index (χ1) is 5.99. The van der Waals surface area contributed by atoms with Crippen molar-refractivity contribution in [3.63, 3.8) is 0 Å². The Bertz CT molecular complexity index is 127. The van der Waals surface area contributed by atoms with Crippen LogP contribution < -0.4 is 0 Å². The largest absolute Gasteiger partial charge is 0.507 e. The van der Waals surface area contributed by atoms with Crippen molar-refractivity contribution in [3.05, 3.63) is 0 Å². The van der Waals surface area contributed by atoms with Crippen molar-refractivity contribution < 1.29 is 25.7 Å². The SMILES string of the molecule is CO[S+](OC)OCCCC(F)(F)F. The maximum atomic E-state index is 11.6. The first kappa shape index (κ1) is 13.0. The lowest BCUT2D eigenvalue weighted by Crippen LogP contribution is -2.14. The summed E-state index contributed by atoms with van der Waals surface area (Å²) in [6.45, 7) is -0.0235. The van der Waals surface area contributed by atoms with Gasteiger partial charge >= 0.3 is 17.9 Å². The zero-order chi connectivity index (χ0) is 10.3. The Morgan fingerprint density at radius 2 is 1.69 bits per heavy atom. The molecule has 0 amide bonds. The molecule has 0 spiro atoms. The highest BCUT2D eigenvalue weighted by Gasteiger charge is 2.28. The van der Waals surface area contributed by atoms with Crippen LogP contribution in [0.25, 0.3) is 0 Å². The van der Waals surface area contributed by atoms with Gasteiger partial charge in [-0.15, -0.1) is 12.5 Å². The van der Waals surface area contributed by atoms with Crippen LogP contribution in [0.2, 0.25) is 0 Å². The molecule has 0 heterocycles. The van der Waals surface area contributed by atoms with Crippen molar-refractivity contribution in [2.24, 2.45) is 0 Å². The van der Waals surface area contributed by atoms with Crippen molar-refractivity contribution in [1.82, 2.24) is 0 Å². The van der Waals surface area contributed by atoms with Crippen molar-refractivity contribution >= 4 is 11.7 Å². The van der Waals surface area contributed by atoms with E-state index in [1.165, 1.54) is 14.2 Å². The fourth-order valence-corrected chi connectivity index (χ4v) is 1.15. The molecule has 0 unspecified atom stereocenters. The molecule has 7 heteroatoms. The third-order valence-corrected chi connectivity index (χ3v) is 1.96. The molecule has 0 atom stereocenters. The predicted molar refractivity (Wildman–Crippen MR) is 42.6 cm³/mol. The number of halogens is 3. The maximum Gasteiger partial charge on any atom is 0.507 e. The highest BCUT2D eigenvalue weighted by atomic mass is 32.3. The molecule has 3 nitrogen and oxygen atoms in total. The molecule has 0 saturated heterocycles. The average molecular weight is 221 g/mol. The Kier molecular flexibility index (Phi) is 6.48. The second kappa shape index (κ2) is 6.47. The smallest absolute Gasteiger partial charge is 0.171 e. The first-order valence-corrected chi connectivity index (χ1v) is 4.53. The van der Waals surface area contributed by atoms with E-state index in [1.807, 2.05) is 0 Å². The summed E-state index contributed by atoms with van der Waals surface area (Å²) < 4.78 is 49.0. The number of hydrogen-bond acceptors (Lipinski definition) is 3. The van der Waals surface area contributed by atoms with Gasteiger partial charge in [0.05, 0.1) is 14.2 Å². The summed E-state index contributed by atoms with van der Waals surface area (Å²) in [5, 5.41) is 0. The zero-order valence-electron chi connectivity index (χ0n) is 7.39. The summed E-state index contributed by atoms with van der Waals surface area (Å²) in [4.78, 5) is 0. The molecule has 0 aromatic heterocycles. The molecule has 0 radical (unpaired) electrons. The van der Waals surface area contributed by atoms with Gasteiger partial charge < -0.3 is 0 Å². The van der Waals surface area contributed by atoms with Gasteiger partial charge in [0, 0.05) is 6.42 Å². The van der Waals surface area contributed by atoms with E-state index in [-0.39, 0.29) is 13.0 Å². The average Bonchev–Trinajstić information content (AvgIpc) is 2.03. The van der Waals surface area contributed by atoms with E-state index in [0.717, 1.165) is 0 Å². The molecule has 0 aromatic rings. The fraction of sp³-hybridized carbons (Fsp3) is 1.00. The van der Waals surface area contributed by atoms with Gasteiger partial charge in [0.1, 0.15) is 6.61 Å². The third-order valence-electron chi connectivity index (χ3n) is 1.06. The van der Waals surface area contributed by atoms with Gasteiger partial charge in [-0.25, -0.2) is 0 Å². The molecule has 0 aromatic carbocycles. The van der Waals surface area contributed by atoms with Crippen LogP contribution in [0.4, 0.5) is 13.2 Å². The third kappa shape index (κ3) is 8.35. The Balaban J connectivity index is 3.34. The highest BCUT2D eigenvalue weighted by molar-refractivity contribution is 7.82. The standard InChI is InChI=1S/C6H12F3O3S/c1-10-13(11-2)12-5-3-4-6(7,8)9/h3-5H2,1-2H3/q+1. The topological polar surface area (TPSA) is 27.7 Å². The Hall–Kier alpha value is 0.0200. The van der Waals surface area contributed by atoms with Gasteiger partial charge in [0.25, 0.3) is 0 Å². The van der Waals surface area contributed by atoms with Crippen LogP contribution in [-0.4, -0.2) is 27.0 Å².